The fourth-order valence-corrected chi connectivity index (χ4v) is 1.19. The molecule has 110 valence electrons. The summed E-state index contributed by atoms with van der Waals surface area (Å²) in [6.45, 7) is 1.52. The lowest BCUT2D eigenvalue weighted by atomic mass is 10.3. The summed E-state index contributed by atoms with van der Waals surface area (Å²) >= 11 is 0. The molecule has 0 saturated heterocycles. The van der Waals surface area contributed by atoms with E-state index in [1.807, 2.05) is 0 Å². The molecule has 0 saturated carbocycles. The molecule has 1 unspecified atom stereocenters. The van der Waals surface area contributed by atoms with Gasteiger partial charge in [0, 0.05) is 21.3 Å². The van der Waals surface area contributed by atoms with E-state index in [1.54, 1.807) is 0 Å². The molecule has 1 aromatic rings. The number of nitrogen functional groups attached to an aromatic ring is 3. The van der Waals surface area contributed by atoms with Crippen molar-refractivity contribution in [3.05, 3.63) is 0 Å². The molecule has 1 heterocycles. The third-order valence-electron chi connectivity index (χ3n) is 2.05. The van der Waals surface area contributed by atoms with Crippen LogP contribution in [0, 0.1) is 0 Å². The lowest BCUT2D eigenvalue weighted by Gasteiger charge is -2.30. The normalized spacial score (nSPS) is 12.5. The quantitative estimate of drug-likeness (QED) is 0.479. The summed E-state index contributed by atoms with van der Waals surface area (Å²) in [4.78, 5) is 10.5. The average molecular weight is 276 g/mol. The molecule has 0 fully saturated rings. The van der Waals surface area contributed by atoms with Gasteiger partial charge >= 0.3 is 5.97 Å². The molecule has 1 aromatic heterocycles. The van der Waals surface area contributed by atoms with Gasteiger partial charge in [-0.2, -0.15) is 15.0 Å². The van der Waals surface area contributed by atoms with Crippen molar-refractivity contribution in [1.29, 1.82) is 0 Å². The summed E-state index contributed by atoms with van der Waals surface area (Å²) in [6, 6.07) is 0. The van der Waals surface area contributed by atoms with E-state index in [1.165, 1.54) is 28.3 Å². The van der Waals surface area contributed by atoms with Gasteiger partial charge in [0.15, 0.2) is 0 Å². The van der Waals surface area contributed by atoms with Gasteiger partial charge in [0.25, 0.3) is 0 Å². The van der Waals surface area contributed by atoms with Crippen molar-refractivity contribution in [2.24, 2.45) is 0 Å². The summed E-state index contributed by atoms with van der Waals surface area (Å²) < 4.78 is 14.4. The number of hydrogen-bond donors (Lipinski definition) is 4. The SMILES string of the molecule is COC(OC)(OC)C(C)O.Nc1nc(N)nc(N)n1. The molecular formula is C9H20N6O4. The zero-order chi connectivity index (χ0) is 15.1. The van der Waals surface area contributed by atoms with Gasteiger partial charge in [-0.15, -0.1) is 0 Å². The maximum atomic E-state index is 9.09. The second kappa shape index (κ2) is 7.63. The first kappa shape index (κ1) is 17.2. The Hall–Kier alpha value is -1.75. The Morgan fingerprint density at radius 1 is 0.895 bits per heavy atom. The highest BCUT2D eigenvalue weighted by molar-refractivity contribution is 5.33. The van der Waals surface area contributed by atoms with Gasteiger partial charge in [-0.25, -0.2) is 0 Å². The maximum absolute atomic E-state index is 9.09. The van der Waals surface area contributed by atoms with Crippen LogP contribution < -0.4 is 17.2 Å². The first-order valence-electron chi connectivity index (χ1n) is 5.17. The van der Waals surface area contributed by atoms with Crippen LogP contribution in [-0.2, 0) is 14.2 Å². The highest BCUT2D eigenvalue weighted by Crippen LogP contribution is 2.16. The maximum Gasteiger partial charge on any atom is 0.309 e. The van der Waals surface area contributed by atoms with Crippen molar-refractivity contribution in [2.45, 2.75) is 19.0 Å². The van der Waals surface area contributed by atoms with E-state index in [0.29, 0.717) is 0 Å². The Balaban J connectivity index is 0.000000342. The van der Waals surface area contributed by atoms with Gasteiger partial charge in [0.05, 0.1) is 0 Å². The lowest BCUT2D eigenvalue weighted by molar-refractivity contribution is -0.385. The first-order valence-corrected chi connectivity index (χ1v) is 5.17. The minimum Gasteiger partial charge on any atom is -0.385 e. The number of nitrogens with two attached hydrogens (primary N) is 3. The van der Waals surface area contributed by atoms with Crippen LogP contribution >= 0.6 is 0 Å². The van der Waals surface area contributed by atoms with Gasteiger partial charge in [-0.1, -0.05) is 0 Å². The highest BCUT2D eigenvalue weighted by atomic mass is 16.9. The van der Waals surface area contributed by atoms with E-state index in [9.17, 15) is 0 Å². The number of rotatable bonds is 4. The molecule has 0 aliphatic rings. The van der Waals surface area contributed by atoms with Crippen LogP contribution in [0.5, 0.6) is 0 Å². The number of hydrogen-bond acceptors (Lipinski definition) is 10. The molecular weight excluding hydrogens is 256 g/mol. The van der Waals surface area contributed by atoms with Crippen LogP contribution in [0.15, 0.2) is 0 Å². The molecule has 0 radical (unpaired) electrons. The third-order valence-corrected chi connectivity index (χ3v) is 2.05. The van der Waals surface area contributed by atoms with E-state index < -0.39 is 12.1 Å². The number of nitrogens with zero attached hydrogens (tertiary/aromatic N) is 3. The molecule has 1 atom stereocenters. The van der Waals surface area contributed by atoms with Gasteiger partial charge in [-0.05, 0) is 6.92 Å². The standard InChI is InChI=1S/C6H14O4.C3H6N6/c1-5(7)6(8-2,9-3)10-4;4-1-7-2(5)9-3(6)8-1/h5,7H,1-4H3;(H6,4,5,6,7,8,9). The Kier molecular flexibility index (Phi) is 6.93. The molecule has 10 heteroatoms. The first-order chi connectivity index (χ1) is 8.81. The van der Waals surface area contributed by atoms with Crippen LogP contribution in [0.1, 0.15) is 6.92 Å². The molecule has 0 spiro atoms. The van der Waals surface area contributed by atoms with Crippen LogP contribution in [0.4, 0.5) is 17.8 Å². The molecule has 0 amide bonds. The van der Waals surface area contributed by atoms with Crippen LogP contribution in [0.3, 0.4) is 0 Å². The topological polar surface area (TPSA) is 165 Å². The number of ether oxygens (including phenoxy) is 3. The molecule has 0 aliphatic heterocycles. The molecule has 19 heavy (non-hydrogen) atoms. The molecule has 0 aromatic carbocycles. The summed E-state index contributed by atoms with van der Waals surface area (Å²) in [6.07, 6.45) is -0.826. The van der Waals surface area contributed by atoms with E-state index >= 15 is 0 Å². The Morgan fingerprint density at radius 2 is 1.16 bits per heavy atom. The third kappa shape index (κ3) is 5.18. The number of anilines is 3. The highest BCUT2D eigenvalue weighted by Gasteiger charge is 2.35. The second-order valence-corrected chi connectivity index (χ2v) is 3.30. The zero-order valence-electron chi connectivity index (χ0n) is 11.3. The van der Waals surface area contributed by atoms with Crippen LogP contribution in [0.25, 0.3) is 0 Å². The van der Waals surface area contributed by atoms with Crippen molar-refractivity contribution in [1.82, 2.24) is 15.0 Å². The Labute approximate surface area is 110 Å². The molecule has 7 N–H and O–H groups in total. The fraction of sp³-hybridized carbons (Fsp3) is 0.667. The summed E-state index contributed by atoms with van der Waals surface area (Å²) in [5.41, 5.74) is 15.4. The minimum absolute atomic E-state index is 0.0417. The van der Waals surface area contributed by atoms with Crippen molar-refractivity contribution in [3.63, 3.8) is 0 Å². The van der Waals surface area contributed by atoms with Gasteiger partial charge in [0.2, 0.25) is 17.8 Å². The Morgan fingerprint density at radius 3 is 1.26 bits per heavy atom. The molecule has 0 bridgehead atoms. The fourth-order valence-electron chi connectivity index (χ4n) is 1.19. The van der Waals surface area contributed by atoms with Crippen LogP contribution in [-0.4, -0.2) is 53.5 Å². The smallest absolute Gasteiger partial charge is 0.309 e. The lowest BCUT2D eigenvalue weighted by Crippen LogP contribution is -2.46. The van der Waals surface area contributed by atoms with Gasteiger partial charge in [0.1, 0.15) is 6.10 Å². The van der Waals surface area contributed by atoms with E-state index in [0.717, 1.165) is 0 Å². The van der Waals surface area contributed by atoms with E-state index in [4.69, 9.17) is 36.5 Å². The van der Waals surface area contributed by atoms with Gasteiger partial charge in [-0.3, -0.25) is 0 Å². The van der Waals surface area contributed by atoms with Gasteiger partial charge < -0.3 is 36.5 Å². The Bertz CT molecular complexity index is 326. The van der Waals surface area contributed by atoms with E-state index in [2.05, 4.69) is 15.0 Å². The number of aromatic nitrogens is 3. The van der Waals surface area contributed by atoms with Crippen LogP contribution in [0.2, 0.25) is 0 Å². The molecule has 0 aliphatic carbocycles. The predicted molar refractivity (Wildman–Crippen MR) is 68.5 cm³/mol. The van der Waals surface area contributed by atoms with E-state index in [-0.39, 0.29) is 17.8 Å². The monoisotopic (exact) mass is 276 g/mol. The largest absolute Gasteiger partial charge is 0.385 e. The molecule has 10 nitrogen and oxygen atoms in total. The zero-order valence-corrected chi connectivity index (χ0v) is 11.3. The summed E-state index contributed by atoms with van der Waals surface area (Å²) in [7, 11) is 4.21. The summed E-state index contributed by atoms with van der Waals surface area (Å²) in [5, 5.41) is 9.09. The molecule has 1 rings (SSSR count). The summed E-state index contributed by atoms with van der Waals surface area (Å²) in [5.74, 6) is -1.19. The van der Waals surface area contributed by atoms with Crippen molar-refractivity contribution >= 4 is 17.8 Å². The van der Waals surface area contributed by atoms with Crippen molar-refractivity contribution in [2.75, 3.05) is 38.5 Å². The van der Waals surface area contributed by atoms with Crippen molar-refractivity contribution < 1.29 is 19.3 Å². The van der Waals surface area contributed by atoms with Crippen molar-refractivity contribution in [3.8, 4) is 0 Å². The number of aliphatic hydroxyl groups excluding tert-OH is 1. The second-order valence-electron chi connectivity index (χ2n) is 3.30. The minimum atomic E-state index is -1.32. The average Bonchev–Trinajstić information content (AvgIpc) is 2.30. The number of aliphatic hydroxyl groups is 1. The number of methoxy groups -OCH3 is 3. The predicted octanol–water partition coefficient (Wildman–Crippen LogP) is -1.42.